The highest BCUT2D eigenvalue weighted by molar-refractivity contribution is 5.94. The molecule has 0 aliphatic carbocycles. The van der Waals surface area contributed by atoms with Gasteiger partial charge in [0.05, 0.1) is 6.54 Å². The van der Waals surface area contributed by atoms with Crippen LogP contribution in [0.4, 0.5) is 0 Å². The van der Waals surface area contributed by atoms with E-state index in [2.05, 4.69) is 43.5 Å². The van der Waals surface area contributed by atoms with Gasteiger partial charge >= 0.3 is 0 Å². The van der Waals surface area contributed by atoms with Crippen LogP contribution in [0.5, 0.6) is 0 Å². The molecule has 136 valence electrons. The Hall–Kier alpha value is -2.03. The van der Waals surface area contributed by atoms with Gasteiger partial charge in [0.15, 0.2) is 0 Å². The van der Waals surface area contributed by atoms with Gasteiger partial charge in [-0.1, -0.05) is 38.3 Å². The highest BCUT2D eigenvalue weighted by atomic mass is 16.2. The lowest BCUT2D eigenvalue weighted by Gasteiger charge is -2.27. The van der Waals surface area contributed by atoms with E-state index in [9.17, 15) is 4.79 Å². The lowest BCUT2D eigenvalue weighted by Crippen LogP contribution is -2.36. The first kappa shape index (κ1) is 19.3. The van der Waals surface area contributed by atoms with Crippen molar-refractivity contribution in [2.75, 3.05) is 0 Å². The molecule has 1 heterocycles. The molecule has 0 unspecified atom stereocenters. The highest BCUT2D eigenvalue weighted by Gasteiger charge is 2.19. The number of aromatic nitrogens is 1. The van der Waals surface area contributed by atoms with Crippen LogP contribution in [-0.2, 0) is 20.0 Å². The smallest absolute Gasteiger partial charge is 0.254 e. The maximum Gasteiger partial charge on any atom is 0.254 e. The van der Waals surface area contributed by atoms with Crippen LogP contribution in [0.3, 0.4) is 0 Å². The molecule has 1 amide bonds. The number of benzene rings is 1. The van der Waals surface area contributed by atoms with E-state index in [0.29, 0.717) is 6.54 Å². The maximum atomic E-state index is 13.0. The number of rotatable bonds is 9. The molecular formula is C22H32N2O. The van der Waals surface area contributed by atoms with Crippen LogP contribution in [0.2, 0.25) is 0 Å². The Labute approximate surface area is 152 Å². The molecule has 2 rings (SSSR count). The fourth-order valence-corrected chi connectivity index (χ4v) is 3.06. The van der Waals surface area contributed by atoms with Crippen LogP contribution in [-0.4, -0.2) is 21.4 Å². The summed E-state index contributed by atoms with van der Waals surface area (Å²) in [4.78, 5) is 14.9. The zero-order chi connectivity index (χ0) is 18.2. The number of hydrogen-bond donors (Lipinski definition) is 0. The molecule has 0 atom stereocenters. The van der Waals surface area contributed by atoms with Crippen LogP contribution in [0.15, 0.2) is 42.6 Å². The summed E-state index contributed by atoms with van der Waals surface area (Å²) < 4.78 is 2.07. The lowest BCUT2D eigenvalue weighted by atomic mass is 10.0. The highest BCUT2D eigenvalue weighted by Crippen LogP contribution is 2.15. The third-order valence-corrected chi connectivity index (χ3v) is 4.79. The van der Waals surface area contributed by atoms with Gasteiger partial charge in [0.2, 0.25) is 0 Å². The first-order valence-electron chi connectivity index (χ1n) is 9.53. The second kappa shape index (κ2) is 9.45. The second-order valence-corrected chi connectivity index (χ2v) is 7.14. The third-order valence-electron chi connectivity index (χ3n) is 4.79. The van der Waals surface area contributed by atoms with Crippen LogP contribution >= 0.6 is 0 Å². The minimum absolute atomic E-state index is 0.105. The van der Waals surface area contributed by atoms with Crippen LogP contribution < -0.4 is 0 Å². The van der Waals surface area contributed by atoms with Crippen molar-refractivity contribution in [1.82, 2.24) is 9.47 Å². The van der Waals surface area contributed by atoms with Crippen molar-refractivity contribution < 1.29 is 4.79 Å². The summed E-state index contributed by atoms with van der Waals surface area (Å²) in [6.45, 7) is 7.01. The SMILES string of the molecule is CCCCCCc1ccc(C(=O)N(Cc2cccn2C)C(C)C)cc1. The Bertz CT molecular complexity index is 655. The van der Waals surface area contributed by atoms with Gasteiger partial charge in [-0.3, -0.25) is 4.79 Å². The Morgan fingerprint density at radius 2 is 1.80 bits per heavy atom. The van der Waals surface area contributed by atoms with Crippen molar-refractivity contribution in [3.63, 3.8) is 0 Å². The predicted molar refractivity (Wildman–Crippen MR) is 105 cm³/mol. The van der Waals surface area contributed by atoms with Crippen molar-refractivity contribution in [2.24, 2.45) is 7.05 Å². The van der Waals surface area contributed by atoms with E-state index in [-0.39, 0.29) is 11.9 Å². The molecule has 0 fully saturated rings. The molecule has 0 saturated carbocycles. The van der Waals surface area contributed by atoms with Gasteiger partial charge in [-0.15, -0.1) is 0 Å². The first-order chi connectivity index (χ1) is 12.0. The molecule has 1 aromatic carbocycles. The minimum Gasteiger partial charge on any atom is -0.353 e. The molecule has 0 aliphatic rings. The van der Waals surface area contributed by atoms with E-state index < -0.39 is 0 Å². The molecule has 0 N–H and O–H groups in total. The molecule has 0 radical (unpaired) electrons. The number of nitrogens with zero attached hydrogens (tertiary/aromatic N) is 2. The Morgan fingerprint density at radius 3 is 2.36 bits per heavy atom. The van der Waals surface area contributed by atoms with Gasteiger partial charge in [0.25, 0.3) is 5.91 Å². The normalized spacial score (nSPS) is 11.1. The topological polar surface area (TPSA) is 25.2 Å². The number of carbonyl (C=O) groups is 1. The van der Waals surface area contributed by atoms with Crippen molar-refractivity contribution >= 4 is 5.91 Å². The van der Waals surface area contributed by atoms with Crippen LogP contribution in [0.25, 0.3) is 0 Å². The standard InChI is InChI=1S/C22H32N2O/c1-5-6-7-8-10-19-12-14-20(15-13-19)22(25)24(18(2)3)17-21-11-9-16-23(21)4/h9,11-16,18H,5-8,10,17H2,1-4H3. The minimum atomic E-state index is 0.105. The molecule has 0 spiro atoms. The summed E-state index contributed by atoms with van der Waals surface area (Å²) in [6, 6.07) is 12.4. The average Bonchev–Trinajstić information content (AvgIpc) is 3.01. The summed E-state index contributed by atoms with van der Waals surface area (Å²) in [6.07, 6.45) is 8.21. The summed E-state index contributed by atoms with van der Waals surface area (Å²) in [5.41, 5.74) is 3.25. The van der Waals surface area contributed by atoms with E-state index in [1.165, 1.54) is 31.2 Å². The van der Waals surface area contributed by atoms with Gasteiger partial charge in [-0.25, -0.2) is 0 Å². The van der Waals surface area contributed by atoms with Gasteiger partial charge in [0.1, 0.15) is 0 Å². The number of carbonyl (C=O) groups excluding carboxylic acids is 1. The number of hydrogen-bond acceptors (Lipinski definition) is 1. The van der Waals surface area contributed by atoms with Crippen molar-refractivity contribution in [1.29, 1.82) is 0 Å². The molecule has 25 heavy (non-hydrogen) atoms. The molecule has 0 aliphatic heterocycles. The summed E-state index contributed by atoms with van der Waals surface area (Å²) in [5.74, 6) is 0.105. The molecular weight excluding hydrogens is 308 g/mol. The molecule has 3 nitrogen and oxygen atoms in total. The lowest BCUT2D eigenvalue weighted by molar-refractivity contribution is 0.0686. The zero-order valence-corrected chi connectivity index (χ0v) is 16.2. The number of unbranched alkanes of at least 4 members (excludes halogenated alkanes) is 3. The van der Waals surface area contributed by atoms with E-state index in [1.807, 2.05) is 36.3 Å². The third kappa shape index (κ3) is 5.48. The summed E-state index contributed by atoms with van der Waals surface area (Å²) in [5, 5.41) is 0. The van der Waals surface area contributed by atoms with Crippen LogP contribution in [0, 0.1) is 0 Å². The number of amides is 1. The van der Waals surface area contributed by atoms with E-state index >= 15 is 0 Å². The molecule has 0 bridgehead atoms. The maximum absolute atomic E-state index is 13.0. The first-order valence-corrected chi connectivity index (χ1v) is 9.53. The fraction of sp³-hybridized carbons (Fsp3) is 0.500. The Kier molecular flexibility index (Phi) is 7.30. The molecule has 2 aromatic rings. The largest absolute Gasteiger partial charge is 0.353 e. The number of aryl methyl sites for hydroxylation is 2. The monoisotopic (exact) mass is 340 g/mol. The van der Waals surface area contributed by atoms with Gasteiger partial charge in [0, 0.05) is 30.5 Å². The average molecular weight is 341 g/mol. The van der Waals surface area contributed by atoms with E-state index in [1.54, 1.807) is 0 Å². The predicted octanol–water partition coefficient (Wildman–Crippen LogP) is 5.20. The van der Waals surface area contributed by atoms with E-state index in [0.717, 1.165) is 17.7 Å². The van der Waals surface area contributed by atoms with Gasteiger partial charge in [-0.05, 0) is 56.5 Å². The molecule has 1 aromatic heterocycles. The Morgan fingerprint density at radius 1 is 1.08 bits per heavy atom. The van der Waals surface area contributed by atoms with E-state index in [4.69, 9.17) is 0 Å². The summed E-state index contributed by atoms with van der Waals surface area (Å²) >= 11 is 0. The summed E-state index contributed by atoms with van der Waals surface area (Å²) in [7, 11) is 2.02. The van der Waals surface area contributed by atoms with Crippen LogP contribution in [0.1, 0.15) is 68.1 Å². The Balaban J connectivity index is 2.02. The molecule has 0 saturated heterocycles. The van der Waals surface area contributed by atoms with Crippen molar-refractivity contribution in [2.45, 2.75) is 65.5 Å². The van der Waals surface area contributed by atoms with Gasteiger partial charge in [-0.2, -0.15) is 0 Å². The second-order valence-electron chi connectivity index (χ2n) is 7.14. The zero-order valence-electron chi connectivity index (χ0n) is 16.2. The fourth-order valence-electron chi connectivity index (χ4n) is 3.06. The quantitative estimate of drug-likeness (QED) is 0.576. The van der Waals surface area contributed by atoms with Gasteiger partial charge < -0.3 is 9.47 Å². The van der Waals surface area contributed by atoms with Crippen molar-refractivity contribution in [3.8, 4) is 0 Å². The van der Waals surface area contributed by atoms with Crippen molar-refractivity contribution in [3.05, 3.63) is 59.4 Å². The molecule has 3 heteroatoms.